The van der Waals surface area contributed by atoms with Crippen LogP contribution < -0.4 is 11.5 Å². The third-order valence-corrected chi connectivity index (χ3v) is 4.98. The number of aromatic nitrogens is 4. The monoisotopic (exact) mass is 424 g/mol. The molecule has 0 spiro atoms. The molecule has 0 radical (unpaired) electrons. The topological polar surface area (TPSA) is 134 Å². The Balaban J connectivity index is 1.85. The summed E-state index contributed by atoms with van der Waals surface area (Å²) < 4.78 is 0.990. The highest BCUT2D eigenvalue weighted by molar-refractivity contribution is 9.10. The normalized spacial score (nSPS) is 19.9. The van der Waals surface area contributed by atoms with Gasteiger partial charge in [-0.25, -0.2) is 0 Å². The van der Waals surface area contributed by atoms with Gasteiger partial charge in [-0.2, -0.15) is 10.2 Å². The fourth-order valence-electron chi connectivity index (χ4n) is 3.32. The fraction of sp³-hybridized carbons (Fsp3) is 0.111. The van der Waals surface area contributed by atoms with Crippen molar-refractivity contribution in [1.82, 2.24) is 20.4 Å². The van der Waals surface area contributed by atoms with Crippen LogP contribution in [0.3, 0.4) is 0 Å². The number of nitrogens with two attached hydrogens (primary N) is 2. The number of allylic oxidation sites excluding steroid dienone is 3. The number of nitrogens with zero attached hydrogens (tertiary/aromatic N) is 4. The Bertz CT molecular complexity index is 1030. The van der Waals surface area contributed by atoms with Gasteiger partial charge in [-0.3, -0.25) is 10.2 Å². The first kappa shape index (κ1) is 17.2. The maximum atomic E-state index is 6.21. The van der Waals surface area contributed by atoms with Crippen LogP contribution in [0.25, 0.3) is 0 Å². The number of halogens is 1. The van der Waals surface area contributed by atoms with Crippen LogP contribution in [0.5, 0.6) is 0 Å². The van der Waals surface area contributed by atoms with Crippen LogP contribution in [0.2, 0.25) is 0 Å². The lowest BCUT2D eigenvalue weighted by Gasteiger charge is -2.34. The lowest BCUT2D eigenvalue weighted by atomic mass is 9.69. The maximum absolute atomic E-state index is 6.21. The van der Waals surface area contributed by atoms with Crippen LogP contribution in [0, 0.1) is 0 Å². The SMILES string of the molecule is NC1=CC(c2ccc(Br)cc2)(c2cn[nH]c2N=Nc2ccn[nH]2)CC(N)=C1. The number of nitrogens with one attached hydrogen (secondary N) is 2. The van der Waals surface area contributed by atoms with Crippen LogP contribution in [0.4, 0.5) is 11.6 Å². The zero-order valence-corrected chi connectivity index (χ0v) is 15.8. The minimum absolute atomic E-state index is 0.534. The van der Waals surface area contributed by atoms with Crippen molar-refractivity contribution < 1.29 is 0 Å². The summed E-state index contributed by atoms with van der Waals surface area (Å²) in [5.74, 6) is 1.08. The van der Waals surface area contributed by atoms with Crippen molar-refractivity contribution in [2.24, 2.45) is 21.7 Å². The number of rotatable bonds is 4. The predicted molar refractivity (Wildman–Crippen MR) is 105 cm³/mol. The molecule has 2 aromatic heterocycles. The highest BCUT2D eigenvalue weighted by Gasteiger charge is 2.38. The summed E-state index contributed by atoms with van der Waals surface area (Å²) >= 11 is 3.48. The van der Waals surface area contributed by atoms with Crippen molar-refractivity contribution in [3.8, 4) is 0 Å². The highest BCUT2D eigenvalue weighted by Crippen LogP contribution is 2.45. The van der Waals surface area contributed by atoms with Gasteiger partial charge < -0.3 is 11.5 Å². The lowest BCUT2D eigenvalue weighted by Crippen LogP contribution is -2.31. The van der Waals surface area contributed by atoms with Crippen LogP contribution >= 0.6 is 15.9 Å². The molecule has 0 bridgehead atoms. The minimum atomic E-state index is -0.598. The van der Waals surface area contributed by atoms with E-state index in [9.17, 15) is 0 Å². The Morgan fingerprint density at radius 3 is 2.56 bits per heavy atom. The van der Waals surface area contributed by atoms with Crippen molar-refractivity contribution in [1.29, 1.82) is 0 Å². The first-order valence-electron chi connectivity index (χ1n) is 8.22. The Morgan fingerprint density at radius 2 is 1.85 bits per heavy atom. The summed E-state index contributed by atoms with van der Waals surface area (Å²) in [5, 5.41) is 22.2. The largest absolute Gasteiger partial charge is 0.402 e. The molecule has 0 aliphatic heterocycles. The molecule has 0 saturated carbocycles. The Morgan fingerprint density at radius 1 is 1.04 bits per heavy atom. The van der Waals surface area contributed by atoms with Crippen molar-refractivity contribution >= 4 is 27.6 Å². The van der Waals surface area contributed by atoms with Crippen molar-refractivity contribution in [3.05, 3.63) is 81.9 Å². The molecule has 136 valence electrons. The Labute approximate surface area is 163 Å². The van der Waals surface area contributed by atoms with Crippen LogP contribution in [-0.2, 0) is 5.41 Å². The van der Waals surface area contributed by atoms with Gasteiger partial charge in [-0.05, 0) is 29.8 Å². The molecule has 0 saturated heterocycles. The molecule has 1 aromatic carbocycles. The standard InChI is InChI=1S/C18H17BrN8/c19-12-3-1-11(2-4-12)18(8-13(20)7-14(21)9-18)15-10-23-26-17(15)27-25-16-5-6-22-24-16/h1-8,10H,9,20-21H2,(H,22,24)(H,23,26). The van der Waals surface area contributed by atoms with E-state index in [4.69, 9.17) is 11.5 Å². The number of hydrogen-bond donors (Lipinski definition) is 4. The summed E-state index contributed by atoms with van der Waals surface area (Å²) in [6, 6.07) is 9.77. The summed E-state index contributed by atoms with van der Waals surface area (Å²) in [7, 11) is 0. The van der Waals surface area contributed by atoms with E-state index < -0.39 is 5.41 Å². The molecule has 1 atom stereocenters. The maximum Gasteiger partial charge on any atom is 0.174 e. The third kappa shape index (κ3) is 3.28. The van der Waals surface area contributed by atoms with E-state index in [1.54, 1.807) is 24.5 Å². The van der Waals surface area contributed by atoms with Gasteiger partial charge in [0.15, 0.2) is 11.6 Å². The van der Waals surface area contributed by atoms with E-state index in [0.29, 0.717) is 29.5 Å². The first-order valence-corrected chi connectivity index (χ1v) is 9.01. The minimum Gasteiger partial charge on any atom is -0.402 e. The van der Waals surface area contributed by atoms with Crippen molar-refractivity contribution in [2.45, 2.75) is 11.8 Å². The van der Waals surface area contributed by atoms with E-state index in [0.717, 1.165) is 15.6 Å². The van der Waals surface area contributed by atoms with Gasteiger partial charge >= 0.3 is 0 Å². The molecule has 1 unspecified atom stereocenters. The van der Waals surface area contributed by atoms with E-state index >= 15 is 0 Å². The summed E-state index contributed by atoms with van der Waals surface area (Å²) in [6.07, 6.45) is 7.68. The summed E-state index contributed by atoms with van der Waals surface area (Å²) in [5.41, 5.74) is 14.9. The van der Waals surface area contributed by atoms with Crippen LogP contribution in [0.15, 0.2) is 81.0 Å². The molecule has 8 nitrogen and oxygen atoms in total. The molecule has 0 amide bonds. The second-order valence-electron chi connectivity index (χ2n) is 6.29. The zero-order valence-electron chi connectivity index (χ0n) is 14.2. The Hall–Kier alpha value is -3.20. The quantitative estimate of drug-likeness (QED) is 0.474. The van der Waals surface area contributed by atoms with Crippen LogP contribution in [0.1, 0.15) is 17.5 Å². The van der Waals surface area contributed by atoms with Crippen LogP contribution in [-0.4, -0.2) is 20.4 Å². The molecular formula is C18H17BrN8. The number of H-pyrrole nitrogens is 2. The van der Waals surface area contributed by atoms with Crippen molar-refractivity contribution in [2.75, 3.05) is 0 Å². The first-order chi connectivity index (χ1) is 13.1. The lowest BCUT2D eigenvalue weighted by molar-refractivity contribution is 0.616. The Kier molecular flexibility index (Phi) is 4.36. The molecule has 4 rings (SSSR count). The summed E-state index contributed by atoms with van der Waals surface area (Å²) in [4.78, 5) is 0. The van der Waals surface area contributed by atoms with E-state index in [1.807, 2.05) is 30.3 Å². The number of benzene rings is 1. The number of aromatic amines is 2. The molecule has 1 aliphatic carbocycles. The third-order valence-electron chi connectivity index (χ3n) is 4.45. The molecular weight excluding hydrogens is 408 g/mol. The van der Waals surface area contributed by atoms with Gasteiger partial charge in [0, 0.05) is 33.9 Å². The van der Waals surface area contributed by atoms with E-state index in [2.05, 4.69) is 46.6 Å². The van der Waals surface area contributed by atoms with Gasteiger partial charge in [-0.1, -0.05) is 28.1 Å². The number of azo groups is 1. The van der Waals surface area contributed by atoms with E-state index in [-0.39, 0.29) is 0 Å². The van der Waals surface area contributed by atoms with Gasteiger partial charge in [0.25, 0.3) is 0 Å². The summed E-state index contributed by atoms with van der Waals surface area (Å²) in [6.45, 7) is 0. The smallest absolute Gasteiger partial charge is 0.174 e. The zero-order chi connectivity index (χ0) is 18.9. The van der Waals surface area contributed by atoms with Gasteiger partial charge in [0.05, 0.1) is 17.8 Å². The van der Waals surface area contributed by atoms with Gasteiger partial charge in [-0.15, -0.1) is 10.2 Å². The van der Waals surface area contributed by atoms with Gasteiger partial charge in [0.1, 0.15) is 0 Å². The molecule has 27 heavy (non-hydrogen) atoms. The molecule has 0 fully saturated rings. The molecule has 1 aliphatic rings. The van der Waals surface area contributed by atoms with Crippen molar-refractivity contribution in [3.63, 3.8) is 0 Å². The second-order valence-corrected chi connectivity index (χ2v) is 7.21. The predicted octanol–water partition coefficient (Wildman–Crippen LogP) is 3.69. The molecule has 9 heteroatoms. The highest BCUT2D eigenvalue weighted by atomic mass is 79.9. The average molecular weight is 425 g/mol. The number of hydrogen-bond acceptors (Lipinski definition) is 6. The van der Waals surface area contributed by atoms with Gasteiger partial charge in [0.2, 0.25) is 0 Å². The average Bonchev–Trinajstić information content (AvgIpc) is 3.31. The molecule has 6 N–H and O–H groups in total. The molecule has 2 heterocycles. The molecule has 3 aromatic rings. The fourth-order valence-corrected chi connectivity index (χ4v) is 3.58. The second kappa shape index (κ2) is 6.84. The van der Waals surface area contributed by atoms with E-state index in [1.165, 1.54) is 0 Å².